The Kier molecular flexibility index (Phi) is 4.52. The Hall–Kier alpha value is -1.88. The van der Waals surface area contributed by atoms with Crippen LogP contribution in [0.15, 0.2) is 30.3 Å². The largest absolute Gasteiger partial charge is 0.354 e. The normalized spacial score (nSPS) is 20.5. The average molecular weight is 261 g/mol. The van der Waals surface area contributed by atoms with Crippen LogP contribution in [-0.4, -0.2) is 30.9 Å². The van der Waals surface area contributed by atoms with E-state index in [-0.39, 0.29) is 30.3 Å². The first kappa shape index (κ1) is 13.5. The minimum atomic E-state index is -0.334. The maximum Gasteiger partial charge on any atom is 0.229 e. The molecule has 0 bridgehead atoms. The van der Waals surface area contributed by atoms with E-state index in [1.54, 1.807) is 0 Å². The second-order valence-electron chi connectivity index (χ2n) is 4.75. The van der Waals surface area contributed by atoms with Crippen LogP contribution in [0.25, 0.3) is 0 Å². The number of hydrogen-bond donors (Lipinski definition) is 3. The molecule has 0 aromatic heterocycles. The van der Waals surface area contributed by atoms with E-state index in [1.165, 1.54) is 0 Å². The van der Waals surface area contributed by atoms with E-state index < -0.39 is 0 Å². The van der Waals surface area contributed by atoms with Crippen molar-refractivity contribution < 1.29 is 9.59 Å². The van der Waals surface area contributed by atoms with E-state index in [2.05, 4.69) is 10.6 Å². The molecule has 1 heterocycles. The van der Waals surface area contributed by atoms with Gasteiger partial charge < -0.3 is 16.4 Å². The van der Waals surface area contributed by atoms with Gasteiger partial charge in [-0.25, -0.2) is 0 Å². The Morgan fingerprint density at radius 1 is 1.42 bits per heavy atom. The lowest BCUT2D eigenvalue weighted by Crippen LogP contribution is -2.49. The zero-order valence-corrected chi connectivity index (χ0v) is 10.8. The van der Waals surface area contributed by atoms with Gasteiger partial charge in [-0.2, -0.15) is 0 Å². The number of piperidine rings is 1. The number of benzene rings is 1. The van der Waals surface area contributed by atoms with Gasteiger partial charge in [-0.3, -0.25) is 9.59 Å². The molecule has 2 amide bonds. The van der Waals surface area contributed by atoms with Gasteiger partial charge in [-0.05, 0) is 12.0 Å². The summed E-state index contributed by atoms with van der Waals surface area (Å²) in [4.78, 5) is 23.3. The first-order valence-corrected chi connectivity index (χ1v) is 6.53. The lowest BCUT2D eigenvalue weighted by atomic mass is 9.97. The Morgan fingerprint density at radius 2 is 2.16 bits per heavy atom. The first-order valence-electron chi connectivity index (χ1n) is 6.53. The van der Waals surface area contributed by atoms with E-state index in [1.807, 2.05) is 30.3 Å². The Labute approximate surface area is 112 Å². The third kappa shape index (κ3) is 3.54. The van der Waals surface area contributed by atoms with Gasteiger partial charge in [0, 0.05) is 25.6 Å². The van der Waals surface area contributed by atoms with E-state index in [0.717, 1.165) is 5.56 Å². The number of nitrogens with one attached hydrogen (secondary N) is 2. The standard InChI is InChI=1S/C14H19N3O2/c15-8-12(10-4-2-1-3-5-10)14(19)17-11-6-7-13(18)16-9-11/h1-5,11-12H,6-9,15H2,(H,16,18)(H,17,19). The predicted molar refractivity (Wildman–Crippen MR) is 72.4 cm³/mol. The van der Waals surface area contributed by atoms with Crippen molar-refractivity contribution in [2.24, 2.45) is 5.73 Å². The van der Waals surface area contributed by atoms with Gasteiger partial charge in [0.25, 0.3) is 0 Å². The molecular formula is C14H19N3O2. The zero-order valence-electron chi connectivity index (χ0n) is 10.8. The van der Waals surface area contributed by atoms with E-state index in [4.69, 9.17) is 5.73 Å². The maximum absolute atomic E-state index is 12.2. The summed E-state index contributed by atoms with van der Waals surface area (Å²) < 4.78 is 0. The summed E-state index contributed by atoms with van der Waals surface area (Å²) in [5.74, 6) is -0.363. The molecule has 2 unspecified atom stereocenters. The number of carbonyl (C=O) groups is 2. The van der Waals surface area contributed by atoms with E-state index in [0.29, 0.717) is 19.4 Å². The number of hydrogen-bond acceptors (Lipinski definition) is 3. The lowest BCUT2D eigenvalue weighted by Gasteiger charge is -2.25. The van der Waals surface area contributed by atoms with Crippen molar-refractivity contribution in [1.82, 2.24) is 10.6 Å². The minimum absolute atomic E-state index is 0.00274. The van der Waals surface area contributed by atoms with Crippen LogP contribution in [-0.2, 0) is 9.59 Å². The highest BCUT2D eigenvalue weighted by molar-refractivity contribution is 5.84. The summed E-state index contributed by atoms with van der Waals surface area (Å²) in [7, 11) is 0. The second kappa shape index (κ2) is 6.33. The van der Waals surface area contributed by atoms with Crippen LogP contribution in [0, 0.1) is 0 Å². The molecular weight excluding hydrogens is 242 g/mol. The summed E-state index contributed by atoms with van der Waals surface area (Å²) >= 11 is 0. The number of carbonyl (C=O) groups excluding carboxylic acids is 2. The van der Waals surface area contributed by atoms with Crippen molar-refractivity contribution >= 4 is 11.8 Å². The van der Waals surface area contributed by atoms with Crippen LogP contribution in [0.3, 0.4) is 0 Å². The monoisotopic (exact) mass is 261 g/mol. The third-order valence-electron chi connectivity index (χ3n) is 3.37. The number of amides is 2. The highest BCUT2D eigenvalue weighted by Crippen LogP contribution is 2.15. The highest BCUT2D eigenvalue weighted by atomic mass is 16.2. The van der Waals surface area contributed by atoms with Gasteiger partial charge in [0.05, 0.1) is 5.92 Å². The summed E-state index contributed by atoms with van der Waals surface area (Å²) in [6.45, 7) is 0.769. The fraction of sp³-hybridized carbons (Fsp3) is 0.429. The second-order valence-corrected chi connectivity index (χ2v) is 4.75. The van der Waals surface area contributed by atoms with Gasteiger partial charge in [-0.15, -0.1) is 0 Å². The SMILES string of the molecule is NCC(C(=O)NC1CCC(=O)NC1)c1ccccc1. The topological polar surface area (TPSA) is 84.2 Å². The van der Waals surface area contributed by atoms with Crippen LogP contribution in [0.4, 0.5) is 0 Å². The molecule has 1 aromatic carbocycles. The van der Waals surface area contributed by atoms with E-state index >= 15 is 0 Å². The van der Waals surface area contributed by atoms with Gasteiger partial charge in [0.1, 0.15) is 0 Å². The van der Waals surface area contributed by atoms with Crippen molar-refractivity contribution in [2.75, 3.05) is 13.1 Å². The fourth-order valence-corrected chi connectivity index (χ4v) is 2.24. The quantitative estimate of drug-likeness (QED) is 0.720. The molecule has 2 atom stereocenters. The minimum Gasteiger partial charge on any atom is -0.354 e. The molecule has 2 rings (SSSR count). The van der Waals surface area contributed by atoms with Crippen LogP contribution >= 0.6 is 0 Å². The van der Waals surface area contributed by atoms with Gasteiger partial charge in [-0.1, -0.05) is 30.3 Å². The van der Waals surface area contributed by atoms with Gasteiger partial charge >= 0.3 is 0 Å². The molecule has 102 valence electrons. The van der Waals surface area contributed by atoms with Crippen molar-refractivity contribution in [2.45, 2.75) is 24.8 Å². The average Bonchev–Trinajstić information content (AvgIpc) is 2.43. The number of rotatable bonds is 4. The Balaban J connectivity index is 1.96. The number of nitrogens with two attached hydrogens (primary N) is 1. The molecule has 1 aromatic rings. The molecule has 1 aliphatic heterocycles. The predicted octanol–water partition coefficient (Wildman–Crippen LogP) is 0.124. The maximum atomic E-state index is 12.2. The van der Waals surface area contributed by atoms with Crippen molar-refractivity contribution in [3.8, 4) is 0 Å². The molecule has 0 aliphatic carbocycles. The lowest BCUT2D eigenvalue weighted by molar-refractivity contribution is -0.126. The molecule has 0 saturated carbocycles. The van der Waals surface area contributed by atoms with Crippen LogP contribution in [0.2, 0.25) is 0 Å². The van der Waals surface area contributed by atoms with Gasteiger partial charge in [0.15, 0.2) is 0 Å². The van der Waals surface area contributed by atoms with E-state index in [9.17, 15) is 9.59 Å². The van der Waals surface area contributed by atoms with Gasteiger partial charge in [0.2, 0.25) is 11.8 Å². The first-order chi connectivity index (χ1) is 9.20. The molecule has 4 N–H and O–H groups in total. The van der Waals surface area contributed by atoms with Crippen molar-refractivity contribution in [3.63, 3.8) is 0 Å². The zero-order chi connectivity index (χ0) is 13.7. The molecule has 19 heavy (non-hydrogen) atoms. The molecule has 5 nitrogen and oxygen atoms in total. The molecule has 1 saturated heterocycles. The summed E-state index contributed by atoms with van der Waals surface area (Å²) in [6.07, 6.45) is 1.15. The Bertz CT molecular complexity index is 437. The third-order valence-corrected chi connectivity index (χ3v) is 3.37. The summed E-state index contributed by atoms with van der Waals surface area (Å²) in [6, 6.07) is 9.51. The smallest absolute Gasteiger partial charge is 0.229 e. The molecule has 0 spiro atoms. The van der Waals surface area contributed by atoms with Crippen LogP contribution in [0.1, 0.15) is 24.3 Å². The molecule has 0 radical (unpaired) electrons. The van der Waals surface area contributed by atoms with Crippen LogP contribution in [0.5, 0.6) is 0 Å². The van der Waals surface area contributed by atoms with Crippen LogP contribution < -0.4 is 16.4 Å². The Morgan fingerprint density at radius 3 is 2.74 bits per heavy atom. The van der Waals surface area contributed by atoms with Crippen molar-refractivity contribution in [3.05, 3.63) is 35.9 Å². The molecule has 1 aliphatic rings. The highest BCUT2D eigenvalue weighted by Gasteiger charge is 2.24. The summed E-state index contributed by atoms with van der Waals surface area (Å²) in [5.41, 5.74) is 6.62. The molecule has 5 heteroatoms. The summed E-state index contributed by atoms with van der Waals surface area (Å²) in [5, 5.41) is 5.70. The fourth-order valence-electron chi connectivity index (χ4n) is 2.24. The molecule has 1 fully saturated rings. The van der Waals surface area contributed by atoms with Crippen molar-refractivity contribution in [1.29, 1.82) is 0 Å².